The summed E-state index contributed by atoms with van der Waals surface area (Å²) >= 11 is 0. The van der Waals surface area contributed by atoms with Gasteiger partial charge in [0.1, 0.15) is 0 Å². The Hall–Kier alpha value is -1.09. The van der Waals surface area contributed by atoms with E-state index in [9.17, 15) is 4.39 Å². The second kappa shape index (κ2) is 6.01. The molecule has 1 aromatic rings. The molecule has 0 bridgehead atoms. The van der Waals surface area contributed by atoms with Crippen LogP contribution in [-0.4, -0.2) is 13.2 Å². The van der Waals surface area contributed by atoms with Crippen LogP contribution in [0.4, 0.5) is 4.39 Å². The first-order valence-corrected chi connectivity index (χ1v) is 6.42. The first kappa shape index (κ1) is 12.4. The molecule has 0 unspecified atom stereocenters. The third-order valence-corrected chi connectivity index (χ3v) is 3.08. The maximum absolute atomic E-state index is 13.7. The van der Waals surface area contributed by atoms with Crippen LogP contribution in [0.2, 0.25) is 0 Å². The average Bonchev–Trinajstić information content (AvgIpc) is 3.13. The van der Waals surface area contributed by atoms with Gasteiger partial charge in [0.2, 0.25) is 0 Å². The van der Waals surface area contributed by atoms with Crippen LogP contribution in [-0.2, 0) is 6.54 Å². The summed E-state index contributed by atoms with van der Waals surface area (Å²) in [5.41, 5.74) is 0.905. The normalized spacial score (nSPS) is 14.9. The van der Waals surface area contributed by atoms with Gasteiger partial charge in [0.15, 0.2) is 11.6 Å². The maximum Gasteiger partial charge on any atom is 0.165 e. The minimum atomic E-state index is -0.254. The molecule has 0 aromatic heterocycles. The SMILES string of the molecule is CCNCc1cccc(F)c1OCCC1CC1. The lowest BCUT2D eigenvalue weighted by molar-refractivity contribution is 0.284. The van der Waals surface area contributed by atoms with Gasteiger partial charge in [0.25, 0.3) is 0 Å². The van der Waals surface area contributed by atoms with Crippen molar-refractivity contribution in [1.82, 2.24) is 5.32 Å². The van der Waals surface area contributed by atoms with Crippen molar-refractivity contribution < 1.29 is 9.13 Å². The lowest BCUT2D eigenvalue weighted by atomic mass is 10.2. The van der Waals surface area contributed by atoms with Gasteiger partial charge in [-0.25, -0.2) is 4.39 Å². The Bertz CT molecular complexity index is 363. The van der Waals surface area contributed by atoms with Crippen LogP contribution in [0.15, 0.2) is 18.2 Å². The zero-order chi connectivity index (χ0) is 12.1. The van der Waals surface area contributed by atoms with E-state index in [2.05, 4.69) is 5.32 Å². The molecule has 0 atom stereocenters. The molecule has 2 rings (SSSR count). The number of nitrogens with one attached hydrogen (secondary N) is 1. The minimum absolute atomic E-state index is 0.254. The summed E-state index contributed by atoms with van der Waals surface area (Å²) in [5.74, 6) is 0.990. The maximum atomic E-state index is 13.7. The van der Waals surface area contributed by atoms with Crippen molar-refractivity contribution >= 4 is 0 Å². The van der Waals surface area contributed by atoms with E-state index in [4.69, 9.17) is 4.74 Å². The molecular formula is C14H20FNO. The van der Waals surface area contributed by atoms with Gasteiger partial charge in [-0.15, -0.1) is 0 Å². The van der Waals surface area contributed by atoms with E-state index in [-0.39, 0.29) is 5.82 Å². The Kier molecular flexibility index (Phi) is 4.37. The summed E-state index contributed by atoms with van der Waals surface area (Å²) in [7, 11) is 0. The van der Waals surface area contributed by atoms with E-state index in [1.165, 1.54) is 18.9 Å². The summed E-state index contributed by atoms with van der Waals surface area (Å²) in [6.45, 7) is 4.20. The second-order valence-corrected chi connectivity index (χ2v) is 4.59. The highest BCUT2D eigenvalue weighted by Gasteiger charge is 2.21. The largest absolute Gasteiger partial charge is 0.490 e. The van der Waals surface area contributed by atoms with Crippen molar-refractivity contribution in [2.45, 2.75) is 32.7 Å². The minimum Gasteiger partial charge on any atom is -0.490 e. The number of ether oxygens (including phenoxy) is 1. The van der Waals surface area contributed by atoms with Crippen LogP contribution in [0, 0.1) is 11.7 Å². The molecule has 0 saturated heterocycles. The predicted molar refractivity (Wildman–Crippen MR) is 66.6 cm³/mol. The lowest BCUT2D eigenvalue weighted by Gasteiger charge is -2.12. The molecule has 0 spiro atoms. The molecule has 0 amide bonds. The molecule has 3 heteroatoms. The van der Waals surface area contributed by atoms with Gasteiger partial charge in [-0.2, -0.15) is 0 Å². The van der Waals surface area contributed by atoms with Gasteiger partial charge in [-0.1, -0.05) is 31.9 Å². The molecular weight excluding hydrogens is 217 g/mol. The van der Waals surface area contributed by atoms with Gasteiger partial charge < -0.3 is 10.1 Å². The highest BCUT2D eigenvalue weighted by Crippen LogP contribution is 2.32. The fourth-order valence-corrected chi connectivity index (χ4v) is 1.85. The zero-order valence-corrected chi connectivity index (χ0v) is 10.3. The molecule has 1 N–H and O–H groups in total. The Labute approximate surface area is 102 Å². The standard InChI is InChI=1S/C14H20FNO/c1-2-16-10-12-4-3-5-13(15)14(12)17-9-8-11-6-7-11/h3-5,11,16H,2,6-10H2,1H3. The van der Waals surface area contributed by atoms with Gasteiger partial charge in [0.05, 0.1) is 6.61 Å². The molecule has 1 aromatic carbocycles. The van der Waals surface area contributed by atoms with E-state index in [1.807, 2.05) is 13.0 Å². The van der Waals surface area contributed by atoms with Gasteiger partial charge in [-0.05, 0) is 24.9 Å². The predicted octanol–water partition coefficient (Wildman–Crippen LogP) is 3.11. The summed E-state index contributed by atoms with van der Waals surface area (Å²) in [6, 6.07) is 5.11. The Morgan fingerprint density at radius 1 is 1.41 bits per heavy atom. The molecule has 0 radical (unpaired) electrons. The van der Waals surface area contributed by atoms with Gasteiger partial charge in [-0.3, -0.25) is 0 Å². The molecule has 1 aliphatic carbocycles. The molecule has 1 fully saturated rings. The van der Waals surface area contributed by atoms with Crippen molar-refractivity contribution in [3.63, 3.8) is 0 Å². The van der Waals surface area contributed by atoms with Crippen molar-refractivity contribution in [2.75, 3.05) is 13.2 Å². The van der Waals surface area contributed by atoms with E-state index in [0.717, 1.165) is 24.4 Å². The number of rotatable bonds is 7. The zero-order valence-electron chi connectivity index (χ0n) is 10.3. The third kappa shape index (κ3) is 3.70. The van der Waals surface area contributed by atoms with Crippen molar-refractivity contribution in [2.24, 2.45) is 5.92 Å². The monoisotopic (exact) mass is 237 g/mol. The van der Waals surface area contributed by atoms with E-state index in [0.29, 0.717) is 18.9 Å². The van der Waals surface area contributed by atoms with E-state index < -0.39 is 0 Å². The molecule has 0 aliphatic heterocycles. The molecule has 1 aliphatic rings. The molecule has 17 heavy (non-hydrogen) atoms. The van der Waals surface area contributed by atoms with Crippen molar-refractivity contribution in [1.29, 1.82) is 0 Å². The van der Waals surface area contributed by atoms with Gasteiger partial charge in [0, 0.05) is 12.1 Å². The molecule has 94 valence electrons. The Morgan fingerprint density at radius 2 is 2.24 bits per heavy atom. The third-order valence-electron chi connectivity index (χ3n) is 3.08. The highest BCUT2D eigenvalue weighted by molar-refractivity contribution is 5.34. The van der Waals surface area contributed by atoms with Crippen LogP contribution in [0.1, 0.15) is 31.7 Å². The number of para-hydroxylation sites is 1. The number of benzene rings is 1. The number of halogens is 1. The van der Waals surface area contributed by atoms with Gasteiger partial charge >= 0.3 is 0 Å². The molecule has 2 nitrogen and oxygen atoms in total. The summed E-state index contributed by atoms with van der Waals surface area (Å²) < 4.78 is 19.3. The second-order valence-electron chi connectivity index (χ2n) is 4.59. The Morgan fingerprint density at radius 3 is 2.94 bits per heavy atom. The van der Waals surface area contributed by atoms with Crippen LogP contribution >= 0.6 is 0 Å². The number of hydrogen-bond donors (Lipinski definition) is 1. The fourth-order valence-electron chi connectivity index (χ4n) is 1.85. The number of hydrogen-bond acceptors (Lipinski definition) is 2. The van der Waals surface area contributed by atoms with Crippen molar-refractivity contribution in [3.8, 4) is 5.75 Å². The quantitative estimate of drug-likeness (QED) is 0.786. The molecule has 0 heterocycles. The van der Waals surface area contributed by atoms with Crippen LogP contribution in [0.3, 0.4) is 0 Å². The summed E-state index contributed by atoms with van der Waals surface area (Å²) in [6.07, 6.45) is 3.67. The summed E-state index contributed by atoms with van der Waals surface area (Å²) in [5, 5.41) is 3.20. The first-order chi connectivity index (χ1) is 8.31. The lowest BCUT2D eigenvalue weighted by Crippen LogP contribution is -2.13. The summed E-state index contributed by atoms with van der Waals surface area (Å²) in [4.78, 5) is 0. The smallest absolute Gasteiger partial charge is 0.165 e. The van der Waals surface area contributed by atoms with Crippen LogP contribution in [0.25, 0.3) is 0 Å². The Balaban J connectivity index is 1.95. The molecule has 1 saturated carbocycles. The highest BCUT2D eigenvalue weighted by atomic mass is 19.1. The first-order valence-electron chi connectivity index (χ1n) is 6.42. The topological polar surface area (TPSA) is 21.3 Å². The fraction of sp³-hybridized carbons (Fsp3) is 0.571. The van der Waals surface area contributed by atoms with Crippen LogP contribution in [0.5, 0.6) is 5.75 Å². The van der Waals surface area contributed by atoms with Crippen molar-refractivity contribution in [3.05, 3.63) is 29.6 Å². The van der Waals surface area contributed by atoms with E-state index in [1.54, 1.807) is 6.07 Å². The van der Waals surface area contributed by atoms with E-state index >= 15 is 0 Å². The average molecular weight is 237 g/mol. The van der Waals surface area contributed by atoms with Crippen LogP contribution < -0.4 is 10.1 Å².